The smallest absolute Gasteiger partial charge is 0.309 e. The first-order valence-corrected chi connectivity index (χ1v) is 8.80. The number of hydrogen-bond acceptors (Lipinski definition) is 3. The molecule has 0 spiro atoms. The summed E-state index contributed by atoms with van der Waals surface area (Å²) in [5.41, 5.74) is 1.75. The predicted octanol–water partition coefficient (Wildman–Crippen LogP) is 4.15. The van der Waals surface area contributed by atoms with Crippen molar-refractivity contribution in [2.45, 2.75) is 70.8 Å². The number of benzene rings is 1. The van der Waals surface area contributed by atoms with Gasteiger partial charge >= 0.3 is 5.97 Å². The summed E-state index contributed by atoms with van der Waals surface area (Å²) in [4.78, 5) is 21.6. The minimum atomic E-state index is -0.626. The van der Waals surface area contributed by atoms with Crippen molar-refractivity contribution in [2.24, 2.45) is 5.41 Å². The Morgan fingerprint density at radius 2 is 1.71 bits per heavy atom. The van der Waals surface area contributed by atoms with Crippen LogP contribution >= 0.6 is 0 Å². The fourth-order valence-corrected chi connectivity index (χ4v) is 3.13. The minimum Gasteiger partial charge on any atom is -0.481 e. The highest BCUT2D eigenvalue weighted by Crippen LogP contribution is 2.49. The molecule has 0 saturated heterocycles. The zero-order valence-electron chi connectivity index (χ0n) is 14.7. The normalized spacial score (nSPS) is 15.8. The van der Waals surface area contributed by atoms with Crippen molar-refractivity contribution < 1.29 is 19.4 Å². The average Bonchev–Trinajstić information content (AvgIpc) is 3.30. The maximum atomic E-state index is 11.2. The van der Waals surface area contributed by atoms with Crippen LogP contribution in [0.1, 0.15) is 63.5 Å². The number of carboxylic acids is 1. The Morgan fingerprint density at radius 1 is 1.17 bits per heavy atom. The summed E-state index contributed by atoms with van der Waals surface area (Å²) in [6.07, 6.45) is 7.12. The third kappa shape index (κ3) is 5.36. The van der Waals surface area contributed by atoms with Gasteiger partial charge in [-0.2, -0.15) is 0 Å². The summed E-state index contributed by atoms with van der Waals surface area (Å²) < 4.78 is 5.06. The van der Waals surface area contributed by atoms with Crippen LogP contribution in [0.15, 0.2) is 24.3 Å². The van der Waals surface area contributed by atoms with Gasteiger partial charge in [0.05, 0.1) is 5.41 Å². The van der Waals surface area contributed by atoms with Crippen molar-refractivity contribution in [3.8, 4) is 0 Å². The molecular formula is C20H28O4. The van der Waals surface area contributed by atoms with Crippen molar-refractivity contribution in [3.05, 3.63) is 35.4 Å². The number of hydrogen-bond donors (Lipinski definition) is 1. The number of carbonyl (C=O) groups excluding carboxylic acids is 1. The molecule has 0 bridgehead atoms. The molecule has 1 aliphatic carbocycles. The van der Waals surface area contributed by atoms with Crippen molar-refractivity contribution in [3.63, 3.8) is 0 Å². The molecule has 0 radical (unpaired) electrons. The van der Waals surface area contributed by atoms with E-state index in [0.29, 0.717) is 6.47 Å². The third-order valence-corrected chi connectivity index (χ3v) is 5.06. The van der Waals surface area contributed by atoms with Crippen molar-refractivity contribution >= 4 is 12.4 Å². The molecule has 132 valence electrons. The fraction of sp³-hybridized carbons (Fsp3) is 0.600. The second kappa shape index (κ2) is 7.82. The molecule has 1 N–H and O–H groups in total. The van der Waals surface area contributed by atoms with Gasteiger partial charge in [0.2, 0.25) is 0 Å². The lowest BCUT2D eigenvalue weighted by Crippen LogP contribution is -2.23. The number of carbonyl (C=O) groups is 2. The number of rotatable bonds is 11. The van der Waals surface area contributed by atoms with Gasteiger partial charge in [0.25, 0.3) is 6.47 Å². The van der Waals surface area contributed by atoms with Gasteiger partial charge in [-0.05, 0) is 76.3 Å². The number of carboxylic acid groups (broad SMARTS) is 1. The van der Waals surface area contributed by atoms with Crippen LogP contribution < -0.4 is 0 Å². The van der Waals surface area contributed by atoms with Crippen LogP contribution in [0.2, 0.25) is 0 Å². The van der Waals surface area contributed by atoms with E-state index < -0.39 is 17.0 Å². The first kappa shape index (κ1) is 18.5. The predicted molar refractivity (Wildman–Crippen MR) is 92.8 cm³/mol. The number of aryl methyl sites for hydroxylation is 2. The van der Waals surface area contributed by atoms with E-state index in [9.17, 15) is 14.7 Å². The van der Waals surface area contributed by atoms with E-state index in [1.54, 1.807) is 0 Å². The Hall–Kier alpha value is -1.84. The quantitative estimate of drug-likeness (QED) is 0.618. The Kier molecular flexibility index (Phi) is 6.03. The molecule has 1 aliphatic rings. The Bertz CT molecular complexity index is 556. The fourth-order valence-electron chi connectivity index (χ4n) is 3.13. The van der Waals surface area contributed by atoms with Crippen LogP contribution in [0.3, 0.4) is 0 Å². The molecule has 0 aromatic heterocycles. The van der Waals surface area contributed by atoms with Gasteiger partial charge < -0.3 is 9.84 Å². The highest BCUT2D eigenvalue weighted by molar-refractivity contribution is 5.77. The molecule has 4 nitrogen and oxygen atoms in total. The second-order valence-electron chi connectivity index (χ2n) is 7.58. The maximum absolute atomic E-state index is 11.2. The Balaban J connectivity index is 1.71. The lowest BCUT2D eigenvalue weighted by Gasteiger charge is -2.22. The molecule has 2 rings (SSSR count). The van der Waals surface area contributed by atoms with E-state index in [4.69, 9.17) is 4.74 Å². The third-order valence-electron chi connectivity index (χ3n) is 5.06. The largest absolute Gasteiger partial charge is 0.481 e. The summed E-state index contributed by atoms with van der Waals surface area (Å²) in [5, 5.41) is 9.18. The van der Waals surface area contributed by atoms with Gasteiger partial charge in [0.1, 0.15) is 5.60 Å². The van der Waals surface area contributed by atoms with Crippen molar-refractivity contribution in [1.82, 2.24) is 0 Å². The van der Waals surface area contributed by atoms with Crippen LogP contribution in [-0.4, -0.2) is 23.1 Å². The van der Waals surface area contributed by atoms with Gasteiger partial charge in [-0.15, -0.1) is 0 Å². The Morgan fingerprint density at radius 3 is 2.17 bits per heavy atom. The molecule has 0 heterocycles. The maximum Gasteiger partial charge on any atom is 0.309 e. The number of ether oxygens (including phenoxy) is 1. The van der Waals surface area contributed by atoms with E-state index in [2.05, 4.69) is 24.3 Å². The molecule has 0 atom stereocenters. The highest BCUT2D eigenvalue weighted by atomic mass is 16.5. The minimum absolute atomic E-state index is 0.398. The lowest BCUT2D eigenvalue weighted by atomic mass is 9.95. The summed E-state index contributed by atoms with van der Waals surface area (Å²) >= 11 is 0. The van der Waals surface area contributed by atoms with E-state index in [1.165, 1.54) is 11.1 Å². The molecule has 4 heteroatoms. The van der Waals surface area contributed by atoms with E-state index >= 15 is 0 Å². The number of aliphatic carboxylic acids is 1. The molecule has 0 amide bonds. The molecular weight excluding hydrogens is 304 g/mol. The zero-order chi connectivity index (χ0) is 17.6. The highest BCUT2D eigenvalue weighted by Gasteiger charge is 2.49. The van der Waals surface area contributed by atoms with Crippen LogP contribution in [-0.2, 0) is 27.2 Å². The van der Waals surface area contributed by atoms with Crippen LogP contribution in [0, 0.1) is 5.41 Å². The van der Waals surface area contributed by atoms with Crippen molar-refractivity contribution in [2.75, 3.05) is 0 Å². The van der Waals surface area contributed by atoms with E-state index in [-0.39, 0.29) is 0 Å². The molecule has 0 unspecified atom stereocenters. The average molecular weight is 332 g/mol. The van der Waals surface area contributed by atoms with E-state index in [1.807, 2.05) is 13.8 Å². The first-order chi connectivity index (χ1) is 11.4. The summed E-state index contributed by atoms with van der Waals surface area (Å²) in [6.45, 7) is 4.37. The van der Waals surface area contributed by atoms with Gasteiger partial charge in [-0.1, -0.05) is 24.3 Å². The van der Waals surface area contributed by atoms with Crippen molar-refractivity contribution in [1.29, 1.82) is 0 Å². The van der Waals surface area contributed by atoms with E-state index in [0.717, 1.165) is 51.4 Å². The zero-order valence-corrected chi connectivity index (χ0v) is 14.7. The molecule has 0 aliphatic heterocycles. The van der Waals surface area contributed by atoms with Gasteiger partial charge in [0.15, 0.2) is 0 Å². The molecule has 1 fully saturated rings. The van der Waals surface area contributed by atoms with Crippen LogP contribution in [0.5, 0.6) is 0 Å². The second-order valence-corrected chi connectivity index (χ2v) is 7.58. The topological polar surface area (TPSA) is 63.6 Å². The monoisotopic (exact) mass is 332 g/mol. The first-order valence-electron chi connectivity index (χ1n) is 8.80. The van der Waals surface area contributed by atoms with Gasteiger partial charge in [0, 0.05) is 0 Å². The molecule has 1 saturated carbocycles. The van der Waals surface area contributed by atoms with Crippen LogP contribution in [0.25, 0.3) is 0 Å². The van der Waals surface area contributed by atoms with Crippen LogP contribution in [0.4, 0.5) is 0 Å². The standard InChI is InChI=1S/C20H28O4/c1-19(2,24-15-21)11-3-5-16-7-9-17(10-8-16)6-4-12-20(13-14-20)18(22)23/h7-10,15H,3-6,11-14H2,1-2H3,(H,22,23). The summed E-state index contributed by atoms with van der Waals surface area (Å²) in [5.74, 6) is -0.626. The Labute approximate surface area is 144 Å². The van der Waals surface area contributed by atoms with Gasteiger partial charge in [-0.25, -0.2) is 0 Å². The molecule has 1 aromatic carbocycles. The molecule has 1 aromatic rings. The lowest BCUT2D eigenvalue weighted by molar-refractivity contribution is -0.143. The SMILES string of the molecule is CC(C)(CCCc1ccc(CCCC2(C(=O)O)CC2)cc1)OC=O. The summed E-state index contributed by atoms with van der Waals surface area (Å²) in [6, 6.07) is 8.57. The molecule has 24 heavy (non-hydrogen) atoms. The summed E-state index contributed by atoms with van der Waals surface area (Å²) in [7, 11) is 0. The van der Waals surface area contributed by atoms with Gasteiger partial charge in [-0.3, -0.25) is 9.59 Å².